The standard InChI is InChI=1S/C20H19ClN6O/c1-11-17-12(10-26(2)25-17)7-13(19(11)28)15-8-14(21)18-20(23-15)22-9-16(24-18)27-5-3-4-6-27/h7-10,28H,3-6H2,1-2H3. The number of fused-ring (bicyclic) bond motifs is 2. The number of hydrogen-bond acceptors (Lipinski definition) is 6. The van der Waals surface area contributed by atoms with Crippen LogP contribution in [0.2, 0.25) is 5.02 Å². The zero-order chi connectivity index (χ0) is 19.4. The van der Waals surface area contributed by atoms with E-state index in [1.165, 1.54) is 12.8 Å². The first kappa shape index (κ1) is 17.2. The van der Waals surface area contributed by atoms with Gasteiger partial charge >= 0.3 is 0 Å². The summed E-state index contributed by atoms with van der Waals surface area (Å²) in [5.74, 6) is 0.979. The number of aromatic nitrogens is 5. The van der Waals surface area contributed by atoms with Crippen molar-refractivity contribution in [2.45, 2.75) is 19.8 Å². The molecule has 0 amide bonds. The molecule has 1 aromatic carbocycles. The molecule has 4 aromatic rings. The molecule has 0 spiro atoms. The lowest BCUT2D eigenvalue weighted by atomic mass is 10.0. The van der Waals surface area contributed by atoms with Gasteiger partial charge in [0.15, 0.2) is 5.65 Å². The molecule has 1 aliphatic rings. The molecule has 5 rings (SSSR count). The summed E-state index contributed by atoms with van der Waals surface area (Å²) in [6.45, 7) is 3.82. The fourth-order valence-electron chi connectivity index (χ4n) is 3.82. The summed E-state index contributed by atoms with van der Waals surface area (Å²) < 4.78 is 1.73. The van der Waals surface area contributed by atoms with Crippen molar-refractivity contribution in [2.24, 2.45) is 7.05 Å². The van der Waals surface area contributed by atoms with Gasteiger partial charge in [-0.25, -0.2) is 15.0 Å². The number of hydrogen-bond donors (Lipinski definition) is 1. The van der Waals surface area contributed by atoms with E-state index in [0.717, 1.165) is 29.8 Å². The maximum absolute atomic E-state index is 10.7. The number of aromatic hydroxyl groups is 1. The minimum absolute atomic E-state index is 0.149. The van der Waals surface area contributed by atoms with Gasteiger partial charge < -0.3 is 10.0 Å². The van der Waals surface area contributed by atoms with Crippen LogP contribution in [0, 0.1) is 6.92 Å². The van der Waals surface area contributed by atoms with Crippen molar-refractivity contribution in [3.63, 3.8) is 0 Å². The molecule has 142 valence electrons. The van der Waals surface area contributed by atoms with Crippen LogP contribution in [0.1, 0.15) is 18.4 Å². The highest BCUT2D eigenvalue weighted by molar-refractivity contribution is 6.35. The molecule has 1 saturated heterocycles. The molecule has 3 aromatic heterocycles. The molecule has 28 heavy (non-hydrogen) atoms. The fraction of sp³-hybridized carbons (Fsp3) is 0.300. The molecule has 0 saturated carbocycles. The molecule has 1 N–H and O–H groups in total. The molecule has 8 heteroatoms. The van der Waals surface area contributed by atoms with Gasteiger partial charge in [0.05, 0.1) is 22.4 Å². The predicted molar refractivity (Wildman–Crippen MR) is 110 cm³/mol. The lowest BCUT2D eigenvalue weighted by molar-refractivity contribution is 0.474. The van der Waals surface area contributed by atoms with Gasteiger partial charge in [-0.1, -0.05) is 11.6 Å². The van der Waals surface area contributed by atoms with Crippen LogP contribution in [0.4, 0.5) is 5.82 Å². The third kappa shape index (κ3) is 2.65. The molecular weight excluding hydrogens is 376 g/mol. The number of anilines is 1. The van der Waals surface area contributed by atoms with Gasteiger partial charge in [0.1, 0.15) is 17.1 Å². The minimum Gasteiger partial charge on any atom is -0.507 e. The lowest BCUT2D eigenvalue weighted by Gasteiger charge is -2.16. The number of pyridine rings is 1. The summed E-state index contributed by atoms with van der Waals surface area (Å²) in [5.41, 5.74) is 3.69. The van der Waals surface area contributed by atoms with E-state index in [4.69, 9.17) is 11.6 Å². The van der Waals surface area contributed by atoms with Gasteiger partial charge in [-0.15, -0.1) is 0 Å². The third-order valence-corrected chi connectivity index (χ3v) is 5.57. The van der Waals surface area contributed by atoms with Crippen molar-refractivity contribution < 1.29 is 5.11 Å². The van der Waals surface area contributed by atoms with Crippen LogP contribution in [0.25, 0.3) is 33.3 Å². The largest absolute Gasteiger partial charge is 0.507 e. The Morgan fingerprint density at radius 3 is 2.68 bits per heavy atom. The van der Waals surface area contributed by atoms with E-state index >= 15 is 0 Å². The topological polar surface area (TPSA) is 80.0 Å². The van der Waals surface area contributed by atoms with Gasteiger partial charge in [-0.3, -0.25) is 4.68 Å². The second-order valence-corrected chi connectivity index (χ2v) is 7.63. The summed E-state index contributed by atoms with van der Waals surface area (Å²) in [7, 11) is 1.86. The van der Waals surface area contributed by atoms with Crippen LogP contribution < -0.4 is 4.90 Å². The number of nitrogens with zero attached hydrogens (tertiary/aromatic N) is 6. The zero-order valence-corrected chi connectivity index (χ0v) is 16.4. The Labute approximate surface area is 166 Å². The van der Waals surface area contributed by atoms with E-state index in [2.05, 4.69) is 25.0 Å². The van der Waals surface area contributed by atoms with E-state index in [9.17, 15) is 5.11 Å². The predicted octanol–water partition coefficient (Wildman–Crippen LogP) is 3.85. The average Bonchev–Trinajstić information content (AvgIpc) is 3.34. The summed E-state index contributed by atoms with van der Waals surface area (Å²) in [6, 6.07) is 3.62. The van der Waals surface area contributed by atoms with Gasteiger partial charge in [0.2, 0.25) is 0 Å². The van der Waals surface area contributed by atoms with Crippen molar-refractivity contribution in [1.29, 1.82) is 0 Å². The van der Waals surface area contributed by atoms with E-state index in [1.807, 2.05) is 26.2 Å². The van der Waals surface area contributed by atoms with Gasteiger partial charge in [0.25, 0.3) is 0 Å². The summed E-state index contributed by atoms with van der Waals surface area (Å²) in [4.78, 5) is 16.0. The Morgan fingerprint density at radius 2 is 1.89 bits per heavy atom. The van der Waals surface area contributed by atoms with E-state index < -0.39 is 0 Å². The van der Waals surface area contributed by atoms with Gasteiger partial charge in [-0.05, 0) is 31.9 Å². The van der Waals surface area contributed by atoms with E-state index in [0.29, 0.717) is 33.0 Å². The fourth-order valence-corrected chi connectivity index (χ4v) is 4.05. The molecule has 7 nitrogen and oxygen atoms in total. The number of benzene rings is 1. The van der Waals surface area contributed by atoms with Gasteiger partial charge in [0, 0.05) is 42.8 Å². The average molecular weight is 395 g/mol. The van der Waals surface area contributed by atoms with Crippen molar-refractivity contribution in [2.75, 3.05) is 18.0 Å². The molecule has 4 heterocycles. The molecule has 0 radical (unpaired) electrons. The number of aryl methyl sites for hydroxylation is 2. The molecule has 1 aliphatic heterocycles. The third-order valence-electron chi connectivity index (χ3n) is 5.28. The number of phenols is 1. The first-order valence-corrected chi connectivity index (χ1v) is 9.63. The molecule has 0 unspecified atom stereocenters. The Kier molecular flexibility index (Phi) is 3.87. The van der Waals surface area contributed by atoms with Crippen LogP contribution >= 0.6 is 11.6 Å². The number of rotatable bonds is 2. The Bertz CT molecular complexity index is 1230. The SMILES string of the molecule is Cc1c(O)c(-c2cc(Cl)c3nc(N4CCCC4)cnc3n2)cc2cn(C)nc12. The molecule has 0 bridgehead atoms. The quantitative estimate of drug-likeness (QED) is 0.556. The van der Waals surface area contributed by atoms with Crippen LogP contribution in [0.5, 0.6) is 5.75 Å². The van der Waals surface area contributed by atoms with Crippen molar-refractivity contribution in [3.05, 3.63) is 35.1 Å². The van der Waals surface area contributed by atoms with Crippen molar-refractivity contribution in [1.82, 2.24) is 24.7 Å². The monoisotopic (exact) mass is 394 g/mol. The minimum atomic E-state index is 0.149. The van der Waals surface area contributed by atoms with Gasteiger partial charge in [-0.2, -0.15) is 5.10 Å². The highest BCUT2D eigenvalue weighted by Crippen LogP contribution is 2.37. The van der Waals surface area contributed by atoms with Crippen molar-refractivity contribution in [3.8, 4) is 17.0 Å². The maximum Gasteiger partial charge on any atom is 0.180 e. The second-order valence-electron chi connectivity index (χ2n) is 7.22. The van der Waals surface area contributed by atoms with E-state index in [1.54, 1.807) is 16.9 Å². The zero-order valence-electron chi connectivity index (χ0n) is 15.6. The highest BCUT2D eigenvalue weighted by atomic mass is 35.5. The lowest BCUT2D eigenvalue weighted by Crippen LogP contribution is -2.19. The van der Waals surface area contributed by atoms with E-state index in [-0.39, 0.29) is 5.75 Å². The number of halogens is 1. The smallest absolute Gasteiger partial charge is 0.180 e. The van der Waals surface area contributed by atoms with Crippen LogP contribution in [0.3, 0.4) is 0 Å². The summed E-state index contributed by atoms with van der Waals surface area (Å²) >= 11 is 6.55. The molecule has 1 fully saturated rings. The summed E-state index contributed by atoms with van der Waals surface area (Å²) in [6.07, 6.45) is 5.99. The molecular formula is C20H19ClN6O. The van der Waals surface area contributed by atoms with Crippen LogP contribution in [-0.2, 0) is 7.05 Å². The Morgan fingerprint density at radius 1 is 1.11 bits per heavy atom. The first-order valence-electron chi connectivity index (χ1n) is 9.26. The van der Waals surface area contributed by atoms with Crippen LogP contribution in [-0.4, -0.2) is 42.9 Å². The second kappa shape index (κ2) is 6.31. The van der Waals surface area contributed by atoms with Crippen molar-refractivity contribution >= 4 is 39.5 Å². The normalized spacial score (nSPS) is 14.5. The number of phenolic OH excluding ortho intramolecular Hbond substituents is 1. The molecule has 0 atom stereocenters. The summed E-state index contributed by atoms with van der Waals surface area (Å²) in [5, 5.41) is 16.5. The highest BCUT2D eigenvalue weighted by Gasteiger charge is 2.19. The Balaban J connectivity index is 1.66. The Hall–Kier alpha value is -2.93. The van der Waals surface area contributed by atoms with Crippen LogP contribution in [0.15, 0.2) is 24.5 Å². The first-order chi connectivity index (χ1) is 13.5. The maximum atomic E-state index is 10.7. The molecule has 0 aliphatic carbocycles.